The first kappa shape index (κ1) is 17.7. The van der Waals surface area contributed by atoms with Crippen LogP contribution in [0.15, 0.2) is 46.9 Å². The molecule has 122 valence electrons. The van der Waals surface area contributed by atoms with Crippen LogP contribution in [-0.4, -0.2) is 24.0 Å². The molecule has 0 atom stereocenters. The van der Waals surface area contributed by atoms with E-state index in [1.807, 2.05) is 24.3 Å². The van der Waals surface area contributed by atoms with Crippen LogP contribution in [0.5, 0.6) is 5.75 Å². The summed E-state index contributed by atoms with van der Waals surface area (Å²) < 4.78 is 32.9. The summed E-state index contributed by atoms with van der Waals surface area (Å²) >= 11 is 4.69. The Bertz CT molecular complexity index is 668. The molecule has 0 aliphatic heterocycles. The Labute approximate surface area is 145 Å². The molecular weight excluding hydrogens is 388 g/mol. The predicted molar refractivity (Wildman–Crippen MR) is 91.9 cm³/mol. The van der Waals surface area contributed by atoms with Crippen LogP contribution in [0.3, 0.4) is 0 Å². The van der Waals surface area contributed by atoms with E-state index in [4.69, 9.17) is 4.74 Å². The predicted octanol–water partition coefficient (Wildman–Crippen LogP) is 4.48. The van der Waals surface area contributed by atoms with Crippen LogP contribution in [-0.2, 0) is 4.79 Å². The fraction of sp³-hybridized carbons (Fsp3) is 0.188. The highest BCUT2D eigenvalue weighted by Gasteiger charge is 2.08. The maximum atomic E-state index is 13.4. The normalized spacial score (nSPS) is 10.4. The molecule has 0 saturated carbocycles. The lowest BCUT2D eigenvalue weighted by Crippen LogP contribution is -2.16. The number of anilines is 1. The highest BCUT2D eigenvalue weighted by Crippen LogP contribution is 2.17. The van der Waals surface area contributed by atoms with Crippen LogP contribution in [0.1, 0.15) is 0 Å². The monoisotopic (exact) mass is 401 g/mol. The molecule has 0 heterocycles. The average Bonchev–Trinajstić information content (AvgIpc) is 2.52. The Morgan fingerprint density at radius 1 is 1.17 bits per heavy atom. The maximum Gasteiger partial charge on any atom is 0.234 e. The first-order valence-electron chi connectivity index (χ1n) is 6.75. The highest BCUT2D eigenvalue weighted by molar-refractivity contribution is 9.10. The number of halogens is 3. The van der Waals surface area contributed by atoms with Crippen LogP contribution in [0.25, 0.3) is 0 Å². The summed E-state index contributed by atoms with van der Waals surface area (Å²) in [5.41, 5.74) is -0.151. The van der Waals surface area contributed by atoms with Gasteiger partial charge in [-0.1, -0.05) is 15.9 Å². The third-order valence-corrected chi connectivity index (χ3v) is 4.20. The molecule has 0 radical (unpaired) electrons. The van der Waals surface area contributed by atoms with Gasteiger partial charge >= 0.3 is 0 Å². The molecular formula is C16H14BrF2NO2S. The summed E-state index contributed by atoms with van der Waals surface area (Å²) in [5.74, 6) is -0.154. The van der Waals surface area contributed by atoms with Gasteiger partial charge in [-0.2, -0.15) is 0 Å². The smallest absolute Gasteiger partial charge is 0.234 e. The molecule has 1 amide bonds. The molecule has 23 heavy (non-hydrogen) atoms. The Balaban J connectivity index is 1.67. The van der Waals surface area contributed by atoms with Crippen molar-refractivity contribution in [1.82, 2.24) is 0 Å². The van der Waals surface area contributed by atoms with E-state index >= 15 is 0 Å². The van der Waals surface area contributed by atoms with Crippen molar-refractivity contribution in [2.45, 2.75) is 0 Å². The molecule has 1 N–H and O–H groups in total. The van der Waals surface area contributed by atoms with E-state index in [2.05, 4.69) is 21.2 Å². The quantitative estimate of drug-likeness (QED) is 0.695. The average molecular weight is 402 g/mol. The Hall–Kier alpha value is -1.60. The molecule has 3 nitrogen and oxygen atoms in total. The summed E-state index contributed by atoms with van der Waals surface area (Å²) in [7, 11) is 0. The van der Waals surface area contributed by atoms with Crippen molar-refractivity contribution in [1.29, 1.82) is 0 Å². The van der Waals surface area contributed by atoms with Gasteiger partial charge in [0.05, 0.1) is 18.0 Å². The van der Waals surface area contributed by atoms with E-state index in [0.717, 1.165) is 28.4 Å². The van der Waals surface area contributed by atoms with E-state index in [1.165, 1.54) is 11.8 Å². The number of nitrogens with one attached hydrogen (secondary N) is 1. The number of hydrogen-bond donors (Lipinski definition) is 1. The van der Waals surface area contributed by atoms with Crippen molar-refractivity contribution in [3.63, 3.8) is 0 Å². The molecule has 2 aromatic carbocycles. The Kier molecular flexibility index (Phi) is 6.85. The summed E-state index contributed by atoms with van der Waals surface area (Å²) in [6.45, 7) is 0.452. The molecule has 2 rings (SSSR count). The van der Waals surface area contributed by atoms with Gasteiger partial charge < -0.3 is 10.1 Å². The van der Waals surface area contributed by atoms with Gasteiger partial charge in [0.25, 0.3) is 0 Å². The van der Waals surface area contributed by atoms with Crippen LogP contribution in [0, 0.1) is 11.6 Å². The number of thioether (sulfide) groups is 1. The fourth-order valence-electron chi connectivity index (χ4n) is 1.69. The molecule has 0 fully saturated rings. The van der Waals surface area contributed by atoms with Gasteiger partial charge in [0.1, 0.15) is 17.4 Å². The SMILES string of the molecule is O=C(CSCCOc1ccc(Br)cc1)Nc1cc(F)ccc1F. The second kappa shape index (κ2) is 8.88. The van der Waals surface area contributed by atoms with Crippen molar-refractivity contribution in [3.05, 3.63) is 58.6 Å². The van der Waals surface area contributed by atoms with E-state index in [9.17, 15) is 13.6 Å². The standard InChI is InChI=1S/C16H14BrF2NO2S/c17-11-1-4-13(5-2-11)22-7-8-23-10-16(21)20-15-9-12(18)3-6-14(15)19/h1-6,9H,7-8,10H2,(H,20,21). The minimum Gasteiger partial charge on any atom is -0.493 e. The second-order valence-electron chi connectivity index (χ2n) is 4.53. The minimum atomic E-state index is -0.664. The molecule has 0 aliphatic carbocycles. The van der Waals surface area contributed by atoms with Gasteiger partial charge in [-0.15, -0.1) is 11.8 Å². The van der Waals surface area contributed by atoms with Crippen molar-refractivity contribution in [2.24, 2.45) is 0 Å². The lowest BCUT2D eigenvalue weighted by atomic mass is 10.3. The zero-order chi connectivity index (χ0) is 16.7. The van der Waals surface area contributed by atoms with E-state index in [-0.39, 0.29) is 17.3 Å². The van der Waals surface area contributed by atoms with Crippen molar-refractivity contribution >= 4 is 39.3 Å². The van der Waals surface area contributed by atoms with Crippen LogP contribution in [0.4, 0.5) is 14.5 Å². The summed E-state index contributed by atoms with van der Waals surface area (Å²) in [6.07, 6.45) is 0. The largest absolute Gasteiger partial charge is 0.493 e. The summed E-state index contributed by atoms with van der Waals surface area (Å²) in [5, 5.41) is 2.35. The lowest BCUT2D eigenvalue weighted by Gasteiger charge is -2.07. The van der Waals surface area contributed by atoms with Gasteiger partial charge in [-0.3, -0.25) is 4.79 Å². The van der Waals surface area contributed by atoms with Gasteiger partial charge in [-0.05, 0) is 36.4 Å². The third kappa shape index (κ3) is 6.19. The Morgan fingerprint density at radius 3 is 2.65 bits per heavy atom. The number of carbonyl (C=O) groups excluding carboxylic acids is 1. The molecule has 0 aromatic heterocycles. The number of benzene rings is 2. The zero-order valence-corrected chi connectivity index (χ0v) is 14.4. The van der Waals surface area contributed by atoms with Crippen molar-refractivity contribution < 1.29 is 18.3 Å². The molecule has 0 aliphatic rings. The molecule has 0 bridgehead atoms. The van der Waals surface area contributed by atoms with Crippen LogP contribution >= 0.6 is 27.7 Å². The second-order valence-corrected chi connectivity index (χ2v) is 6.55. The molecule has 0 saturated heterocycles. The first-order valence-corrected chi connectivity index (χ1v) is 8.70. The van der Waals surface area contributed by atoms with E-state index < -0.39 is 11.6 Å². The highest BCUT2D eigenvalue weighted by atomic mass is 79.9. The molecule has 2 aromatic rings. The Morgan fingerprint density at radius 2 is 1.91 bits per heavy atom. The first-order chi connectivity index (χ1) is 11.0. The van der Waals surface area contributed by atoms with Gasteiger partial charge in [-0.25, -0.2) is 8.78 Å². The van der Waals surface area contributed by atoms with Gasteiger partial charge in [0, 0.05) is 16.3 Å². The number of ether oxygens (including phenoxy) is 1. The topological polar surface area (TPSA) is 38.3 Å². The third-order valence-electron chi connectivity index (χ3n) is 2.75. The van der Waals surface area contributed by atoms with Crippen LogP contribution < -0.4 is 10.1 Å². The number of carbonyl (C=O) groups is 1. The number of hydrogen-bond acceptors (Lipinski definition) is 3. The van der Waals surface area contributed by atoms with Crippen molar-refractivity contribution in [2.75, 3.05) is 23.4 Å². The molecule has 0 unspecified atom stereocenters. The van der Waals surface area contributed by atoms with Gasteiger partial charge in [0.2, 0.25) is 5.91 Å². The minimum absolute atomic E-state index is 0.139. The number of amides is 1. The molecule has 0 spiro atoms. The number of rotatable bonds is 7. The van der Waals surface area contributed by atoms with Gasteiger partial charge in [0.15, 0.2) is 0 Å². The van der Waals surface area contributed by atoms with Crippen molar-refractivity contribution in [3.8, 4) is 5.75 Å². The summed E-state index contributed by atoms with van der Waals surface area (Å²) in [6, 6.07) is 10.4. The summed E-state index contributed by atoms with van der Waals surface area (Å²) in [4.78, 5) is 11.7. The van der Waals surface area contributed by atoms with E-state index in [1.54, 1.807) is 0 Å². The fourth-order valence-corrected chi connectivity index (χ4v) is 2.56. The maximum absolute atomic E-state index is 13.4. The zero-order valence-electron chi connectivity index (χ0n) is 12.0. The molecule has 7 heteroatoms. The lowest BCUT2D eigenvalue weighted by molar-refractivity contribution is -0.113. The van der Waals surface area contributed by atoms with Crippen LogP contribution in [0.2, 0.25) is 0 Å². The van der Waals surface area contributed by atoms with E-state index in [0.29, 0.717) is 12.4 Å².